The number of fused-ring (bicyclic) bond motifs is 1. The van der Waals surface area contributed by atoms with Gasteiger partial charge in [0, 0.05) is 31.2 Å². The van der Waals surface area contributed by atoms with E-state index >= 15 is 0 Å². The fraction of sp³-hybridized carbons (Fsp3) is 0.471. The van der Waals surface area contributed by atoms with Gasteiger partial charge in [-0.3, -0.25) is 0 Å². The maximum Gasteiger partial charge on any atom is 0.216 e. The van der Waals surface area contributed by atoms with Gasteiger partial charge in [0.2, 0.25) is 5.88 Å². The fourth-order valence-corrected chi connectivity index (χ4v) is 2.90. The highest BCUT2D eigenvalue weighted by Gasteiger charge is 2.29. The molecule has 1 aliphatic rings. The second-order valence-corrected chi connectivity index (χ2v) is 5.91. The quantitative estimate of drug-likeness (QED) is 0.865. The number of aromatic nitrogens is 2. The molecule has 2 aromatic rings. The van der Waals surface area contributed by atoms with Crippen LogP contribution in [0.15, 0.2) is 24.3 Å². The summed E-state index contributed by atoms with van der Waals surface area (Å²) in [6, 6.07) is 6.75. The topological polar surface area (TPSA) is 36.3 Å². The van der Waals surface area contributed by atoms with Gasteiger partial charge in [-0.15, -0.1) is 0 Å². The van der Waals surface area contributed by atoms with E-state index in [2.05, 4.69) is 18.9 Å². The van der Waals surface area contributed by atoms with Gasteiger partial charge in [-0.25, -0.2) is 9.07 Å². The number of aryl methyl sites for hydroxylation is 1. The number of ether oxygens (including phenoxy) is 2. The molecule has 0 saturated heterocycles. The van der Waals surface area contributed by atoms with Crippen molar-refractivity contribution in [3.8, 4) is 17.1 Å². The Labute approximate surface area is 129 Å². The average molecular weight is 304 g/mol. The lowest BCUT2D eigenvalue weighted by Crippen LogP contribution is -2.30. The van der Waals surface area contributed by atoms with Crippen LogP contribution in [-0.2, 0) is 11.3 Å². The molecule has 4 nitrogen and oxygen atoms in total. The van der Waals surface area contributed by atoms with E-state index in [1.165, 1.54) is 6.07 Å². The van der Waals surface area contributed by atoms with E-state index in [0.29, 0.717) is 17.9 Å². The average Bonchev–Trinajstić information content (AvgIpc) is 2.86. The van der Waals surface area contributed by atoms with Crippen LogP contribution in [-0.4, -0.2) is 29.6 Å². The Morgan fingerprint density at radius 1 is 1.41 bits per heavy atom. The Kier molecular flexibility index (Phi) is 4.16. The van der Waals surface area contributed by atoms with E-state index in [1.54, 1.807) is 19.2 Å². The zero-order chi connectivity index (χ0) is 15.7. The van der Waals surface area contributed by atoms with Crippen LogP contribution in [0.5, 0.6) is 5.88 Å². The smallest absolute Gasteiger partial charge is 0.216 e. The van der Waals surface area contributed by atoms with E-state index in [1.807, 2.05) is 10.7 Å². The lowest BCUT2D eigenvalue weighted by atomic mass is 9.98. The SMILES string of the molecule is COC[C@@H]1CCn2nc(-c3ccccc3F)c(C(C)C)c2O1. The van der Waals surface area contributed by atoms with Crippen LogP contribution in [0.2, 0.25) is 0 Å². The van der Waals surface area contributed by atoms with Crippen LogP contribution in [0.3, 0.4) is 0 Å². The van der Waals surface area contributed by atoms with Gasteiger partial charge in [0.05, 0.1) is 6.61 Å². The zero-order valence-electron chi connectivity index (χ0n) is 13.2. The summed E-state index contributed by atoms with van der Waals surface area (Å²) < 4.78 is 27.3. The van der Waals surface area contributed by atoms with Crippen molar-refractivity contribution in [2.45, 2.75) is 38.8 Å². The van der Waals surface area contributed by atoms with Gasteiger partial charge < -0.3 is 9.47 Å². The van der Waals surface area contributed by atoms with Crippen LogP contribution in [0.4, 0.5) is 4.39 Å². The van der Waals surface area contributed by atoms with Crippen LogP contribution >= 0.6 is 0 Å². The molecule has 5 heteroatoms. The molecule has 1 atom stereocenters. The van der Waals surface area contributed by atoms with Crippen molar-refractivity contribution < 1.29 is 13.9 Å². The molecule has 118 valence electrons. The van der Waals surface area contributed by atoms with Crippen molar-refractivity contribution in [1.29, 1.82) is 0 Å². The summed E-state index contributed by atoms with van der Waals surface area (Å²) in [5.41, 5.74) is 2.17. The minimum absolute atomic E-state index is 0.0279. The summed E-state index contributed by atoms with van der Waals surface area (Å²) in [7, 11) is 1.67. The van der Waals surface area contributed by atoms with E-state index in [4.69, 9.17) is 9.47 Å². The van der Waals surface area contributed by atoms with Crippen LogP contribution in [0, 0.1) is 5.82 Å². The second kappa shape index (κ2) is 6.08. The minimum atomic E-state index is -0.256. The van der Waals surface area contributed by atoms with Gasteiger partial charge in [0.25, 0.3) is 0 Å². The summed E-state index contributed by atoms with van der Waals surface area (Å²) in [4.78, 5) is 0. The third kappa shape index (κ3) is 2.61. The van der Waals surface area contributed by atoms with Gasteiger partial charge in [-0.05, 0) is 18.1 Å². The predicted molar refractivity (Wildman–Crippen MR) is 82.6 cm³/mol. The number of rotatable bonds is 4. The van der Waals surface area contributed by atoms with E-state index in [0.717, 1.165) is 24.4 Å². The van der Waals surface area contributed by atoms with Gasteiger partial charge in [0.15, 0.2) is 0 Å². The van der Waals surface area contributed by atoms with Gasteiger partial charge in [0.1, 0.15) is 17.6 Å². The van der Waals surface area contributed by atoms with Crippen LogP contribution in [0.25, 0.3) is 11.3 Å². The molecule has 0 saturated carbocycles. The fourth-order valence-electron chi connectivity index (χ4n) is 2.90. The highest BCUT2D eigenvalue weighted by molar-refractivity contribution is 5.67. The Morgan fingerprint density at radius 3 is 2.86 bits per heavy atom. The summed E-state index contributed by atoms with van der Waals surface area (Å²) in [5.74, 6) is 0.689. The van der Waals surface area contributed by atoms with Crippen molar-refractivity contribution in [3.63, 3.8) is 0 Å². The van der Waals surface area contributed by atoms with Crippen molar-refractivity contribution in [2.24, 2.45) is 0 Å². The van der Waals surface area contributed by atoms with E-state index < -0.39 is 0 Å². The third-order valence-electron chi connectivity index (χ3n) is 3.94. The van der Waals surface area contributed by atoms with Gasteiger partial charge in [-0.2, -0.15) is 5.10 Å². The molecule has 1 aromatic heterocycles. The van der Waals surface area contributed by atoms with Crippen molar-refractivity contribution in [3.05, 3.63) is 35.6 Å². The molecule has 0 aliphatic carbocycles. The minimum Gasteiger partial charge on any atom is -0.472 e. The summed E-state index contributed by atoms with van der Waals surface area (Å²) in [6.07, 6.45) is 0.872. The first-order chi connectivity index (χ1) is 10.6. The maximum atomic E-state index is 14.2. The molecule has 0 amide bonds. The normalized spacial score (nSPS) is 17.4. The number of methoxy groups -OCH3 is 1. The largest absolute Gasteiger partial charge is 0.472 e. The summed E-state index contributed by atoms with van der Waals surface area (Å²) in [6.45, 7) is 5.46. The Hall–Kier alpha value is -1.88. The molecule has 0 N–H and O–H groups in total. The molecule has 0 unspecified atom stereocenters. The molecule has 2 heterocycles. The predicted octanol–water partition coefficient (Wildman–Crippen LogP) is 3.61. The molecule has 0 spiro atoms. The molecule has 1 aliphatic heterocycles. The zero-order valence-corrected chi connectivity index (χ0v) is 13.2. The van der Waals surface area contributed by atoms with E-state index in [9.17, 15) is 4.39 Å². The number of nitrogens with zero attached hydrogens (tertiary/aromatic N) is 2. The molecule has 0 fully saturated rings. The highest BCUT2D eigenvalue weighted by Crippen LogP contribution is 2.39. The highest BCUT2D eigenvalue weighted by atomic mass is 19.1. The van der Waals surface area contributed by atoms with Crippen LogP contribution < -0.4 is 4.74 Å². The second-order valence-electron chi connectivity index (χ2n) is 5.91. The first kappa shape index (κ1) is 15.0. The maximum absolute atomic E-state index is 14.2. The van der Waals surface area contributed by atoms with E-state index in [-0.39, 0.29) is 17.8 Å². The molecule has 3 rings (SSSR count). The monoisotopic (exact) mass is 304 g/mol. The third-order valence-corrected chi connectivity index (χ3v) is 3.94. The number of halogens is 1. The number of hydrogen-bond donors (Lipinski definition) is 0. The van der Waals surface area contributed by atoms with Crippen molar-refractivity contribution >= 4 is 0 Å². The first-order valence-electron chi connectivity index (χ1n) is 7.63. The summed E-state index contributed by atoms with van der Waals surface area (Å²) >= 11 is 0. The lowest BCUT2D eigenvalue weighted by molar-refractivity contribution is 0.0482. The van der Waals surface area contributed by atoms with Gasteiger partial charge in [-0.1, -0.05) is 26.0 Å². The van der Waals surface area contributed by atoms with Crippen molar-refractivity contribution in [2.75, 3.05) is 13.7 Å². The summed E-state index contributed by atoms with van der Waals surface area (Å²) in [5, 5.41) is 4.61. The van der Waals surface area contributed by atoms with Gasteiger partial charge >= 0.3 is 0 Å². The first-order valence-corrected chi connectivity index (χ1v) is 7.63. The molecule has 0 radical (unpaired) electrons. The molecule has 0 bridgehead atoms. The molecule has 22 heavy (non-hydrogen) atoms. The standard InChI is InChI=1S/C17H21FN2O2/c1-11(2)15-16(13-6-4-5-7-14(13)18)19-20-9-8-12(10-21-3)22-17(15)20/h4-7,11-12H,8-10H2,1-3H3/t12-/m0/s1. The molecular formula is C17H21FN2O2. The molecular weight excluding hydrogens is 283 g/mol. The van der Waals surface area contributed by atoms with Crippen LogP contribution in [0.1, 0.15) is 31.7 Å². The number of benzene rings is 1. The lowest BCUT2D eigenvalue weighted by Gasteiger charge is -2.25. The Bertz CT molecular complexity index is 667. The molecule has 1 aromatic carbocycles. The van der Waals surface area contributed by atoms with Crippen molar-refractivity contribution in [1.82, 2.24) is 9.78 Å². The Balaban J connectivity index is 2.08. The number of hydrogen-bond acceptors (Lipinski definition) is 3. The Morgan fingerprint density at radius 2 is 2.18 bits per heavy atom.